The molecule has 0 saturated heterocycles. The van der Waals surface area contributed by atoms with E-state index in [1.807, 2.05) is 67.6 Å². The number of amides is 2. The largest absolute Gasteiger partial charge is 0.493 e. The molecule has 4 aromatic carbocycles. The maximum atomic E-state index is 14.5. The lowest BCUT2D eigenvalue weighted by Crippen LogP contribution is -2.53. The van der Waals surface area contributed by atoms with Gasteiger partial charge < -0.3 is 19.7 Å². The van der Waals surface area contributed by atoms with Gasteiger partial charge in [-0.1, -0.05) is 92.2 Å². The van der Waals surface area contributed by atoms with Crippen molar-refractivity contribution in [3.8, 4) is 11.5 Å². The first kappa shape index (κ1) is 34.1. The molecule has 1 atom stereocenters. The molecule has 0 aliphatic rings. The third-order valence-electron chi connectivity index (χ3n) is 7.56. The average Bonchev–Trinajstić information content (AvgIpc) is 3.09. The number of methoxy groups -OCH3 is 2. The topological polar surface area (TPSA) is 105 Å². The van der Waals surface area contributed by atoms with Crippen molar-refractivity contribution in [1.82, 2.24) is 10.2 Å². The van der Waals surface area contributed by atoms with Crippen molar-refractivity contribution in [2.75, 3.05) is 31.6 Å². The Bertz CT molecular complexity index is 1670. The second kappa shape index (κ2) is 16.5. The van der Waals surface area contributed by atoms with E-state index in [4.69, 9.17) is 9.47 Å². The predicted molar refractivity (Wildman–Crippen MR) is 179 cm³/mol. The van der Waals surface area contributed by atoms with Crippen LogP contribution >= 0.6 is 0 Å². The maximum Gasteiger partial charge on any atom is 0.264 e. The number of carbonyl (C=O) groups is 2. The number of hydrogen-bond acceptors (Lipinski definition) is 6. The van der Waals surface area contributed by atoms with Crippen LogP contribution in [-0.2, 0) is 32.6 Å². The molecule has 242 valence electrons. The van der Waals surface area contributed by atoms with Gasteiger partial charge in [0.2, 0.25) is 11.8 Å². The first-order chi connectivity index (χ1) is 22.3. The highest BCUT2D eigenvalue weighted by molar-refractivity contribution is 7.92. The summed E-state index contributed by atoms with van der Waals surface area (Å²) in [4.78, 5) is 29.9. The van der Waals surface area contributed by atoms with Crippen LogP contribution in [0.3, 0.4) is 0 Å². The molecule has 9 nitrogen and oxygen atoms in total. The third kappa shape index (κ3) is 8.66. The Morgan fingerprint density at radius 1 is 0.783 bits per heavy atom. The molecule has 0 spiro atoms. The number of sulfonamides is 1. The molecule has 0 saturated carbocycles. The number of anilines is 1. The summed E-state index contributed by atoms with van der Waals surface area (Å²) in [6, 6.07) is 30.5. The predicted octanol–water partition coefficient (Wildman–Crippen LogP) is 5.46. The van der Waals surface area contributed by atoms with Crippen LogP contribution in [0.5, 0.6) is 11.5 Å². The first-order valence-electron chi connectivity index (χ1n) is 15.2. The molecule has 0 aliphatic carbocycles. The number of hydrogen-bond donors (Lipinski definition) is 1. The van der Waals surface area contributed by atoms with Crippen LogP contribution in [0.2, 0.25) is 0 Å². The van der Waals surface area contributed by atoms with Crippen molar-refractivity contribution in [3.63, 3.8) is 0 Å². The van der Waals surface area contributed by atoms with E-state index in [1.165, 1.54) is 37.3 Å². The van der Waals surface area contributed by atoms with Gasteiger partial charge in [-0.3, -0.25) is 13.9 Å². The van der Waals surface area contributed by atoms with Gasteiger partial charge in [0.25, 0.3) is 10.0 Å². The summed E-state index contributed by atoms with van der Waals surface area (Å²) in [5.74, 6) is -0.124. The van der Waals surface area contributed by atoms with Crippen molar-refractivity contribution in [1.29, 1.82) is 0 Å². The van der Waals surface area contributed by atoms with Crippen molar-refractivity contribution >= 4 is 27.5 Å². The lowest BCUT2D eigenvalue weighted by molar-refractivity contribution is -0.140. The fraction of sp³-hybridized carbons (Fsp3) is 0.278. The van der Waals surface area contributed by atoms with E-state index in [2.05, 4.69) is 5.32 Å². The van der Waals surface area contributed by atoms with Gasteiger partial charge in [0.05, 0.1) is 24.8 Å². The lowest BCUT2D eigenvalue weighted by Gasteiger charge is -2.34. The lowest BCUT2D eigenvalue weighted by atomic mass is 10.0. The van der Waals surface area contributed by atoms with Gasteiger partial charge >= 0.3 is 0 Å². The molecule has 10 heteroatoms. The molecule has 0 aromatic heterocycles. The van der Waals surface area contributed by atoms with Crippen molar-refractivity contribution in [3.05, 3.63) is 120 Å². The highest BCUT2D eigenvalue weighted by Crippen LogP contribution is 2.34. The van der Waals surface area contributed by atoms with Crippen molar-refractivity contribution < 1.29 is 27.5 Å². The number of nitrogens with one attached hydrogen (secondary N) is 1. The number of carbonyl (C=O) groups excluding carboxylic acids is 2. The Morgan fingerprint density at radius 2 is 1.37 bits per heavy atom. The zero-order chi connectivity index (χ0) is 32.9. The van der Waals surface area contributed by atoms with Gasteiger partial charge in [-0.2, -0.15) is 0 Å². The van der Waals surface area contributed by atoms with Crippen LogP contribution in [0, 0.1) is 0 Å². The van der Waals surface area contributed by atoms with Gasteiger partial charge in [-0.05, 0) is 41.8 Å². The van der Waals surface area contributed by atoms with Gasteiger partial charge in [0.15, 0.2) is 11.5 Å². The number of benzene rings is 4. The first-order valence-corrected chi connectivity index (χ1v) is 16.7. The molecule has 1 unspecified atom stereocenters. The Hall–Kier alpha value is -4.83. The quantitative estimate of drug-likeness (QED) is 0.163. The van der Waals surface area contributed by atoms with Crippen LogP contribution in [0.15, 0.2) is 114 Å². The highest BCUT2D eigenvalue weighted by atomic mass is 32.2. The number of rotatable bonds is 16. The van der Waals surface area contributed by atoms with E-state index < -0.39 is 28.5 Å². The SMILES string of the molecule is CCCCNC(=O)C(Cc1ccccc1)N(Cc1ccccc1)C(=O)CN(c1ccc(OC)c(OC)c1)S(=O)(=O)c1ccccc1. The second-order valence-electron chi connectivity index (χ2n) is 10.7. The van der Waals surface area contributed by atoms with E-state index in [0.717, 1.165) is 28.3 Å². The summed E-state index contributed by atoms with van der Waals surface area (Å²) in [7, 11) is -1.29. The van der Waals surface area contributed by atoms with Crippen LogP contribution in [0.25, 0.3) is 0 Å². The average molecular weight is 644 g/mol. The second-order valence-corrected chi connectivity index (χ2v) is 12.6. The summed E-state index contributed by atoms with van der Waals surface area (Å²) in [6.45, 7) is 2.04. The summed E-state index contributed by atoms with van der Waals surface area (Å²) in [6.07, 6.45) is 1.94. The van der Waals surface area contributed by atoms with E-state index in [-0.39, 0.29) is 29.5 Å². The van der Waals surface area contributed by atoms with E-state index in [0.29, 0.717) is 18.0 Å². The molecule has 2 amide bonds. The Balaban J connectivity index is 1.80. The molecule has 46 heavy (non-hydrogen) atoms. The minimum Gasteiger partial charge on any atom is -0.493 e. The van der Waals surface area contributed by atoms with Crippen molar-refractivity contribution in [2.45, 2.75) is 43.7 Å². The van der Waals surface area contributed by atoms with Crippen molar-refractivity contribution in [2.24, 2.45) is 0 Å². The number of ether oxygens (including phenoxy) is 2. The fourth-order valence-electron chi connectivity index (χ4n) is 5.07. The zero-order valence-electron chi connectivity index (χ0n) is 26.5. The zero-order valence-corrected chi connectivity index (χ0v) is 27.3. The molecule has 0 aliphatic heterocycles. The van der Waals surface area contributed by atoms with E-state index in [1.54, 1.807) is 30.3 Å². The van der Waals surface area contributed by atoms with Crippen LogP contribution in [0.4, 0.5) is 5.69 Å². The molecular formula is C36H41N3O6S. The van der Waals surface area contributed by atoms with Gasteiger partial charge in [-0.25, -0.2) is 8.42 Å². The Morgan fingerprint density at radius 3 is 1.96 bits per heavy atom. The molecule has 4 rings (SSSR count). The minimum absolute atomic E-state index is 0.0188. The number of nitrogens with zero attached hydrogens (tertiary/aromatic N) is 2. The molecule has 4 aromatic rings. The standard InChI is InChI=1S/C36H41N3O6S/c1-4-5-23-37-36(41)32(24-28-15-9-6-10-16-28)38(26-29-17-11-7-12-18-29)35(40)27-39(46(42,43)31-19-13-8-14-20-31)30-21-22-33(44-2)34(25-30)45-3/h6-22,25,32H,4-5,23-24,26-27H2,1-3H3,(H,37,41). The number of unbranched alkanes of at least 4 members (excludes halogenated alkanes) is 1. The minimum atomic E-state index is -4.23. The van der Waals surface area contributed by atoms with Crippen LogP contribution in [0.1, 0.15) is 30.9 Å². The molecule has 0 fully saturated rings. The smallest absolute Gasteiger partial charge is 0.264 e. The maximum absolute atomic E-state index is 14.5. The monoisotopic (exact) mass is 643 g/mol. The molecule has 1 N–H and O–H groups in total. The normalized spacial score (nSPS) is 11.7. The van der Waals surface area contributed by atoms with E-state index in [9.17, 15) is 18.0 Å². The highest BCUT2D eigenvalue weighted by Gasteiger charge is 2.34. The molecule has 0 radical (unpaired) electrons. The molecule has 0 heterocycles. The van der Waals surface area contributed by atoms with Gasteiger partial charge in [0.1, 0.15) is 12.6 Å². The van der Waals surface area contributed by atoms with Crippen LogP contribution < -0.4 is 19.1 Å². The Kier molecular flexibility index (Phi) is 12.2. The van der Waals surface area contributed by atoms with Crippen LogP contribution in [-0.4, -0.2) is 58.5 Å². The molecule has 0 bridgehead atoms. The van der Waals surface area contributed by atoms with E-state index >= 15 is 0 Å². The summed E-state index contributed by atoms with van der Waals surface area (Å²) >= 11 is 0. The third-order valence-corrected chi connectivity index (χ3v) is 9.35. The molecular weight excluding hydrogens is 602 g/mol. The summed E-state index contributed by atoms with van der Waals surface area (Å²) < 4.78 is 40.2. The fourth-order valence-corrected chi connectivity index (χ4v) is 6.50. The van der Waals surface area contributed by atoms with Gasteiger partial charge in [-0.15, -0.1) is 0 Å². The summed E-state index contributed by atoms with van der Waals surface area (Å²) in [5.41, 5.74) is 1.89. The Labute approximate surface area is 271 Å². The van der Waals surface area contributed by atoms with Gasteiger partial charge in [0, 0.05) is 25.6 Å². The summed E-state index contributed by atoms with van der Waals surface area (Å²) in [5, 5.41) is 3.00.